The second-order valence-electron chi connectivity index (χ2n) is 4.21. The summed E-state index contributed by atoms with van der Waals surface area (Å²) in [5.41, 5.74) is 0. The standard InChI is InChI=1S/C10H20N2/c1-9-3-2-8-12(9)10-4-6-11-7-5-10/h9-11H,2-8H2,1H3/t9-/m1/s1. The fourth-order valence-electron chi connectivity index (χ4n) is 2.64. The Kier molecular flexibility index (Phi) is 2.66. The van der Waals surface area contributed by atoms with Gasteiger partial charge in [0.25, 0.3) is 0 Å². The molecule has 2 aliphatic heterocycles. The number of hydrogen-bond donors (Lipinski definition) is 1. The summed E-state index contributed by atoms with van der Waals surface area (Å²) in [6.45, 7) is 6.20. The molecule has 2 nitrogen and oxygen atoms in total. The van der Waals surface area contributed by atoms with E-state index < -0.39 is 0 Å². The van der Waals surface area contributed by atoms with E-state index in [1.54, 1.807) is 0 Å². The Bertz CT molecular complexity index is 141. The molecule has 0 spiro atoms. The molecule has 0 aliphatic carbocycles. The molecule has 0 aromatic heterocycles. The van der Waals surface area contributed by atoms with Crippen molar-refractivity contribution in [3.63, 3.8) is 0 Å². The zero-order chi connectivity index (χ0) is 8.39. The summed E-state index contributed by atoms with van der Waals surface area (Å²) in [7, 11) is 0. The van der Waals surface area contributed by atoms with Crippen molar-refractivity contribution in [3.05, 3.63) is 0 Å². The highest BCUT2D eigenvalue weighted by Gasteiger charge is 2.28. The lowest BCUT2D eigenvalue weighted by Crippen LogP contribution is -2.44. The van der Waals surface area contributed by atoms with Crippen molar-refractivity contribution in [1.29, 1.82) is 0 Å². The molecule has 2 fully saturated rings. The molecular formula is C10H20N2. The highest BCUT2D eigenvalue weighted by molar-refractivity contribution is 4.84. The van der Waals surface area contributed by atoms with Crippen LogP contribution in [0.3, 0.4) is 0 Å². The van der Waals surface area contributed by atoms with E-state index in [2.05, 4.69) is 17.1 Å². The first kappa shape index (κ1) is 8.52. The topological polar surface area (TPSA) is 15.3 Å². The summed E-state index contributed by atoms with van der Waals surface area (Å²) in [6.07, 6.45) is 5.57. The molecule has 0 unspecified atom stereocenters. The van der Waals surface area contributed by atoms with E-state index >= 15 is 0 Å². The van der Waals surface area contributed by atoms with Gasteiger partial charge in [-0.05, 0) is 52.2 Å². The van der Waals surface area contributed by atoms with Crippen molar-refractivity contribution in [2.24, 2.45) is 0 Å². The third kappa shape index (κ3) is 1.64. The van der Waals surface area contributed by atoms with Crippen molar-refractivity contribution in [3.8, 4) is 0 Å². The molecule has 1 N–H and O–H groups in total. The summed E-state index contributed by atoms with van der Waals surface area (Å²) in [5, 5.41) is 3.43. The van der Waals surface area contributed by atoms with Gasteiger partial charge in [-0.2, -0.15) is 0 Å². The Balaban J connectivity index is 1.89. The summed E-state index contributed by atoms with van der Waals surface area (Å²) in [6, 6.07) is 1.75. The van der Waals surface area contributed by atoms with Crippen LogP contribution in [0.4, 0.5) is 0 Å². The number of nitrogens with zero attached hydrogens (tertiary/aromatic N) is 1. The number of rotatable bonds is 1. The van der Waals surface area contributed by atoms with E-state index in [1.807, 2.05) is 0 Å². The lowest BCUT2D eigenvalue weighted by molar-refractivity contribution is 0.156. The molecule has 0 amide bonds. The van der Waals surface area contributed by atoms with E-state index in [-0.39, 0.29) is 0 Å². The van der Waals surface area contributed by atoms with E-state index in [0.29, 0.717) is 0 Å². The van der Waals surface area contributed by atoms with Gasteiger partial charge in [-0.3, -0.25) is 4.90 Å². The molecule has 2 aliphatic rings. The van der Waals surface area contributed by atoms with Gasteiger partial charge in [-0.1, -0.05) is 0 Å². The molecule has 2 heterocycles. The van der Waals surface area contributed by atoms with Gasteiger partial charge in [0.05, 0.1) is 0 Å². The number of hydrogen-bond acceptors (Lipinski definition) is 2. The Hall–Kier alpha value is -0.0800. The van der Waals surface area contributed by atoms with Gasteiger partial charge in [0, 0.05) is 12.1 Å². The van der Waals surface area contributed by atoms with Crippen molar-refractivity contribution in [2.75, 3.05) is 19.6 Å². The van der Waals surface area contributed by atoms with Gasteiger partial charge in [0.2, 0.25) is 0 Å². The molecule has 2 saturated heterocycles. The van der Waals surface area contributed by atoms with Crippen LogP contribution in [-0.4, -0.2) is 36.6 Å². The maximum absolute atomic E-state index is 3.43. The Morgan fingerprint density at radius 3 is 2.50 bits per heavy atom. The Morgan fingerprint density at radius 2 is 1.92 bits per heavy atom. The van der Waals surface area contributed by atoms with Gasteiger partial charge in [-0.25, -0.2) is 0 Å². The predicted octanol–water partition coefficient (Wildman–Crippen LogP) is 1.22. The van der Waals surface area contributed by atoms with Crippen LogP contribution in [0.2, 0.25) is 0 Å². The maximum Gasteiger partial charge on any atom is 0.0122 e. The second-order valence-corrected chi connectivity index (χ2v) is 4.21. The van der Waals surface area contributed by atoms with Gasteiger partial charge in [0.15, 0.2) is 0 Å². The zero-order valence-corrected chi connectivity index (χ0v) is 8.05. The van der Waals surface area contributed by atoms with Crippen molar-refractivity contribution < 1.29 is 0 Å². The molecule has 2 heteroatoms. The van der Waals surface area contributed by atoms with Gasteiger partial charge < -0.3 is 5.32 Å². The fourth-order valence-corrected chi connectivity index (χ4v) is 2.64. The summed E-state index contributed by atoms with van der Waals surface area (Å²) >= 11 is 0. The maximum atomic E-state index is 3.43. The van der Waals surface area contributed by atoms with Crippen LogP contribution in [-0.2, 0) is 0 Å². The van der Waals surface area contributed by atoms with E-state index in [1.165, 1.54) is 45.3 Å². The molecule has 1 atom stereocenters. The number of likely N-dealkylation sites (tertiary alicyclic amines) is 1. The normalized spacial score (nSPS) is 34.2. The molecule has 0 saturated carbocycles. The van der Waals surface area contributed by atoms with Crippen LogP contribution in [0.1, 0.15) is 32.6 Å². The lowest BCUT2D eigenvalue weighted by Gasteiger charge is -2.34. The molecule has 0 bridgehead atoms. The second kappa shape index (κ2) is 3.75. The first-order chi connectivity index (χ1) is 5.88. The minimum Gasteiger partial charge on any atom is -0.317 e. The first-order valence-electron chi connectivity index (χ1n) is 5.34. The minimum atomic E-state index is 0.855. The molecule has 0 aromatic carbocycles. The highest BCUT2D eigenvalue weighted by atomic mass is 15.2. The monoisotopic (exact) mass is 168 g/mol. The SMILES string of the molecule is C[C@@H]1CCCN1C1CCNCC1. The quantitative estimate of drug-likeness (QED) is 0.633. The summed E-state index contributed by atoms with van der Waals surface area (Å²) < 4.78 is 0. The lowest BCUT2D eigenvalue weighted by atomic mass is 10.0. The van der Waals surface area contributed by atoms with Crippen LogP contribution in [0.5, 0.6) is 0 Å². The van der Waals surface area contributed by atoms with Crippen molar-refractivity contribution in [2.45, 2.75) is 44.7 Å². The molecule has 12 heavy (non-hydrogen) atoms. The first-order valence-corrected chi connectivity index (χ1v) is 5.34. The third-order valence-corrected chi connectivity index (χ3v) is 3.38. The molecule has 0 radical (unpaired) electrons. The van der Waals surface area contributed by atoms with Gasteiger partial charge >= 0.3 is 0 Å². The third-order valence-electron chi connectivity index (χ3n) is 3.38. The average molecular weight is 168 g/mol. The van der Waals surface area contributed by atoms with Gasteiger partial charge in [0.1, 0.15) is 0 Å². The fraction of sp³-hybridized carbons (Fsp3) is 1.00. The molecule has 2 rings (SSSR count). The average Bonchev–Trinajstić information content (AvgIpc) is 2.53. The molecular weight excluding hydrogens is 148 g/mol. The van der Waals surface area contributed by atoms with E-state index in [9.17, 15) is 0 Å². The zero-order valence-electron chi connectivity index (χ0n) is 8.05. The smallest absolute Gasteiger partial charge is 0.0122 e. The summed E-state index contributed by atoms with van der Waals surface area (Å²) in [4.78, 5) is 2.72. The van der Waals surface area contributed by atoms with Crippen LogP contribution in [0, 0.1) is 0 Å². The number of piperidine rings is 1. The largest absolute Gasteiger partial charge is 0.317 e. The van der Waals surface area contributed by atoms with Crippen molar-refractivity contribution in [1.82, 2.24) is 10.2 Å². The highest BCUT2D eigenvalue weighted by Crippen LogP contribution is 2.23. The van der Waals surface area contributed by atoms with Crippen LogP contribution >= 0.6 is 0 Å². The van der Waals surface area contributed by atoms with Crippen molar-refractivity contribution >= 4 is 0 Å². The van der Waals surface area contributed by atoms with Crippen LogP contribution < -0.4 is 5.32 Å². The molecule has 0 aromatic rings. The summed E-state index contributed by atoms with van der Waals surface area (Å²) in [5.74, 6) is 0. The van der Waals surface area contributed by atoms with Crippen LogP contribution in [0.15, 0.2) is 0 Å². The van der Waals surface area contributed by atoms with Gasteiger partial charge in [-0.15, -0.1) is 0 Å². The van der Waals surface area contributed by atoms with Crippen LogP contribution in [0.25, 0.3) is 0 Å². The van der Waals surface area contributed by atoms with E-state index in [0.717, 1.165) is 12.1 Å². The van der Waals surface area contributed by atoms with E-state index in [4.69, 9.17) is 0 Å². The Morgan fingerprint density at radius 1 is 1.17 bits per heavy atom. The number of nitrogens with one attached hydrogen (secondary N) is 1. The molecule has 70 valence electrons. The Labute approximate surface area is 75.3 Å². The minimum absolute atomic E-state index is 0.855. The predicted molar refractivity (Wildman–Crippen MR) is 51.3 cm³/mol.